The molecule has 1 aromatic carbocycles. The molecule has 2 rings (SSSR count). The van der Waals surface area contributed by atoms with Crippen LogP contribution in [-0.2, 0) is 15.0 Å². The van der Waals surface area contributed by atoms with Crippen LogP contribution in [0.2, 0.25) is 0 Å². The van der Waals surface area contributed by atoms with Gasteiger partial charge in [-0.25, -0.2) is 0 Å². The Labute approximate surface area is 119 Å². The summed E-state index contributed by atoms with van der Waals surface area (Å²) in [7, 11) is 0. The summed E-state index contributed by atoms with van der Waals surface area (Å²) in [6.07, 6.45) is 4.25. The Kier molecular flexibility index (Phi) is 4.77. The largest absolute Gasteiger partial charge is 0.550 e. The predicted octanol–water partition coefficient (Wildman–Crippen LogP) is 1.14. The van der Waals surface area contributed by atoms with Crippen LogP contribution < -0.4 is 10.4 Å². The van der Waals surface area contributed by atoms with Crippen molar-refractivity contribution in [1.29, 1.82) is 0 Å². The Balaban J connectivity index is 1.97. The highest BCUT2D eigenvalue weighted by Gasteiger charge is 2.35. The third-order valence-electron chi connectivity index (χ3n) is 4.13. The summed E-state index contributed by atoms with van der Waals surface area (Å²) in [5.41, 5.74) is 1.27. The summed E-state index contributed by atoms with van der Waals surface area (Å²) in [5, 5.41) is 13.2. The van der Waals surface area contributed by atoms with Gasteiger partial charge in [-0.15, -0.1) is 0 Å². The van der Waals surface area contributed by atoms with Gasteiger partial charge in [0.1, 0.15) is 0 Å². The molecule has 108 valence electrons. The minimum Gasteiger partial charge on any atom is -0.550 e. The van der Waals surface area contributed by atoms with Crippen molar-refractivity contribution in [2.75, 3.05) is 6.54 Å². The second kappa shape index (κ2) is 6.55. The van der Waals surface area contributed by atoms with Crippen molar-refractivity contribution in [2.45, 2.75) is 43.9 Å². The van der Waals surface area contributed by atoms with Crippen LogP contribution in [0.15, 0.2) is 30.3 Å². The average Bonchev–Trinajstić information content (AvgIpc) is 2.94. The van der Waals surface area contributed by atoms with Gasteiger partial charge < -0.3 is 15.2 Å². The maximum Gasteiger partial charge on any atom is 0.220 e. The van der Waals surface area contributed by atoms with Gasteiger partial charge in [-0.3, -0.25) is 4.79 Å². The molecule has 0 atom stereocenters. The Hall–Kier alpha value is -1.84. The molecular weight excluding hydrogens is 254 g/mol. The summed E-state index contributed by atoms with van der Waals surface area (Å²) in [6.45, 7) is 0.586. The van der Waals surface area contributed by atoms with Crippen LogP contribution in [0.4, 0.5) is 0 Å². The van der Waals surface area contributed by atoms with E-state index >= 15 is 0 Å². The molecule has 1 saturated carbocycles. The molecule has 4 nitrogen and oxygen atoms in total. The molecule has 0 radical (unpaired) electrons. The normalized spacial score (nSPS) is 16.8. The smallest absolute Gasteiger partial charge is 0.220 e. The molecule has 1 aromatic rings. The number of rotatable bonds is 6. The molecule has 0 spiro atoms. The molecule has 20 heavy (non-hydrogen) atoms. The minimum absolute atomic E-state index is 0.00674. The topological polar surface area (TPSA) is 69.2 Å². The molecule has 1 amide bonds. The fourth-order valence-corrected chi connectivity index (χ4v) is 2.98. The second-order valence-electron chi connectivity index (χ2n) is 5.50. The first kappa shape index (κ1) is 14.6. The predicted molar refractivity (Wildman–Crippen MR) is 73.8 cm³/mol. The lowest BCUT2D eigenvalue weighted by Gasteiger charge is -2.30. The second-order valence-corrected chi connectivity index (χ2v) is 5.50. The molecule has 0 unspecified atom stereocenters. The van der Waals surface area contributed by atoms with Crippen LogP contribution in [0.25, 0.3) is 0 Å². The lowest BCUT2D eigenvalue weighted by atomic mass is 9.79. The third-order valence-corrected chi connectivity index (χ3v) is 4.13. The van der Waals surface area contributed by atoms with E-state index in [1.807, 2.05) is 18.2 Å². The van der Waals surface area contributed by atoms with E-state index in [1.54, 1.807) is 0 Å². The van der Waals surface area contributed by atoms with E-state index in [4.69, 9.17) is 0 Å². The molecular formula is C16H20NO3-. The number of carboxylic acid groups (broad SMARTS) is 1. The van der Waals surface area contributed by atoms with Crippen molar-refractivity contribution >= 4 is 11.9 Å². The fraction of sp³-hybridized carbons (Fsp3) is 0.500. The fourth-order valence-electron chi connectivity index (χ4n) is 2.98. The zero-order chi connectivity index (χ0) is 14.4. The van der Waals surface area contributed by atoms with Crippen LogP contribution in [0, 0.1) is 0 Å². The van der Waals surface area contributed by atoms with Crippen LogP contribution in [0.1, 0.15) is 44.1 Å². The Bertz CT molecular complexity index is 464. The number of hydrogen-bond donors (Lipinski definition) is 1. The first-order valence-electron chi connectivity index (χ1n) is 7.14. The van der Waals surface area contributed by atoms with E-state index in [2.05, 4.69) is 17.4 Å². The van der Waals surface area contributed by atoms with Gasteiger partial charge in [0.05, 0.1) is 0 Å². The summed E-state index contributed by atoms with van der Waals surface area (Å²) >= 11 is 0. The number of benzene rings is 1. The number of amides is 1. The molecule has 1 N–H and O–H groups in total. The first-order valence-corrected chi connectivity index (χ1v) is 7.14. The highest BCUT2D eigenvalue weighted by atomic mass is 16.4. The van der Waals surface area contributed by atoms with Crippen molar-refractivity contribution < 1.29 is 14.7 Å². The van der Waals surface area contributed by atoms with Gasteiger partial charge >= 0.3 is 0 Å². The van der Waals surface area contributed by atoms with E-state index in [9.17, 15) is 14.7 Å². The number of hydrogen-bond acceptors (Lipinski definition) is 3. The molecule has 1 aliphatic rings. The standard InChI is InChI=1S/C16H21NO3/c18-14(8-9-15(19)20)17-12-16(10-4-5-11-16)13-6-2-1-3-7-13/h1-3,6-7H,4-5,8-12H2,(H,17,18)(H,19,20)/p-1. The number of nitrogens with one attached hydrogen (secondary N) is 1. The summed E-state index contributed by atoms with van der Waals surface area (Å²) < 4.78 is 0. The van der Waals surface area contributed by atoms with Crippen molar-refractivity contribution in [2.24, 2.45) is 0 Å². The summed E-state index contributed by atoms with van der Waals surface area (Å²) in [4.78, 5) is 22.0. The van der Waals surface area contributed by atoms with Gasteiger partial charge in [0.15, 0.2) is 0 Å². The number of carboxylic acids is 1. The average molecular weight is 274 g/mol. The summed E-state index contributed by atoms with van der Waals surface area (Å²) in [5.74, 6) is -1.39. The maximum absolute atomic E-state index is 11.7. The van der Waals surface area contributed by atoms with Crippen LogP contribution in [0.5, 0.6) is 0 Å². The molecule has 4 heteroatoms. The molecule has 0 saturated heterocycles. The van der Waals surface area contributed by atoms with E-state index in [1.165, 1.54) is 18.4 Å². The SMILES string of the molecule is O=C([O-])CCC(=O)NCC1(c2ccccc2)CCCC1. The first-order chi connectivity index (χ1) is 9.62. The van der Waals surface area contributed by atoms with Gasteiger partial charge in [0, 0.05) is 24.3 Å². The van der Waals surface area contributed by atoms with E-state index < -0.39 is 5.97 Å². The van der Waals surface area contributed by atoms with Gasteiger partial charge in [-0.2, -0.15) is 0 Å². The Morgan fingerprint density at radius 3 is 2.35 bits per heavy atom. The maximum atomic E-state index is 11.7. The lowest BCUT2D eigenvalue weighted by Crippen LogP contribution is -2.39. The van der Waals surface area contributed by atoms with Crippen LogP contribution in [0.3, 0.4) is 0 Å². The Morgan fingerprint density at radius 2 is 1.75 bits per heavy atom. The number of aliphatic carboxylic acids is 1. The van der Waals surface area contributed by atoms with Crippen LogP contribution in [-0.4, -0.2) is 18.4 Å². The van der Waals surface area contributed by atoms with E-state index in [0.29, 0.717) is 6.54 Å². The molecule has 0 aromatic heterocycles. The van der Waals surface area contributed by atoms with Crippen molar-refractivity contribution in [3.05, 3.63) is 35.9 Å². The summed E-state index contributed by atoms with van der Waals surface area (Å²) in [6, 6.07) is 10.3. The molecule has 1 aliphatic carbocycles. The zero-order valence-corrected chi connectivity index (χ0v) is 11.6. The van der Waals surface area contributed by atoms with Crippen molar-refractivity contribution in [1.82, 2.24) is 5.32 Å². The molecule has 0 heterocycles. The number of carbonyl (C=O) groups is 2. The van der Waals surface area contributed by atoms with Crippen molar-refractivity contribution in [3.63, 3.8) is 0 Å². The highest BCUT2D eigenvalue weighted by Crippen LogP contribution is 2.40. The quantitative estimate of drug-likeness (QED) is 0.846. The number of carbonyl (C=O) groups excluding carboxylic acids is 2. The highest BCUT2D eigenvalue weighted by molar-refractivity contribution is 5.80. The van der Waals surface area contributed by atoms with E-state index in [-0.39, 0.29) is 24.2 Å². The molecule has 0 aliphatic heterocycles. The monoisotopic (exact) mass is 274 g/mol. The van der Waals surface area contributed by atoms with Crippen LogP contribution >= 0.6 is 0 Å². The van der Waals surface area contributed by atoms with E-state index in [0.717, 1.165) is 12.8 Å². The van der Waals surface area contributed by atoms with Crippen molar-refractivity contribution in [3.8, 4) is 0 Å². The molecule has 1 fully saturated rings. The lowest BCUT2D eigenvalue weighted by molar-refractivity contribution is -0.305. The minimum atomic E-state index is -1.18. The molecule has 0 bridgehead atoms. The van der Waals surface area contributed by atoms with Gasteiger partial charge in [-0.1, -0.05) is 43.2 Å². The Morgan fingerprint density at radius 1 is 1.10 bits per heavy atom. The third kappa shape index (κ3) is 3.59. The zero-order valence-electron chi connectivity index (χ0n) is 11.6. The van der Waals surface area contributed by atoms with Gasteiger partial charge in [0.2, 0.25) is 5.91 Å². The van der Waals surface area contributed by atoms with Gasteiger partial charge in [-0.05, 0) is 24.8 Å². The van der Waals surface area contributed by atoms with Gasteiger partial charge in [0.25, 0.3) is 0 Å².